The van der Waals surface area contributed by atoms with Gasteiger partial charge in [-0.15, -0.1) is 0 Å². The third kappa shape index (κ3) is 5.07. The van der Waals surface area contributed by atoms with E-state index in [9.17, 15) is 14.4 Å². The summed E-state index contributed by atoms with van der Waals surface area (Å²) >= 11 is 0. The zero-order valence-electron chi connectivity index (χ0n) is 11.2. The van der Waals surface area contributed by atoms with Crippen LogP contribution < -0.4 is 22.1 Å². The summed E-state index contributed by atoms with van der Waals surface area (Å²) in [5.41, 5.74) is 11.8. The summed E-state index contributed by atoms with van der Waals surface area (Å²) < 4.78 is 0. The minimum atomic E-state index is -0.974. The largest absolute Gasteiger partial charge is 0.370 e. The van der Waals surface area contributed by atoms with Gasteiger partial charge in [0.2, 0.25) is 17.7 Å². The Bertz CT molecular complexity index is 499. The van der Waals surface area contributed by atoms with Gasteiger partial charge in [0.25, 0.3) is 0 Å². The highest BCUT2D eigenvalue weighted by Crippen LogP contribution is 2.10. The molecule has 0 saturated carbocycles. The molecule has 1 rings (SSSR count). The second kappa shape index (κ2) is 7.25. The van der Waals surface area contributed by atoms with Crippen LogP contribution in [0.4, 0.5) is 5.69 Å². The van der Waals surface area contributed by atoms with E-state index in [1.54, 1.807) is 31.3 Å². The maximum Gasteiger partial charge on any atom is 0.241 e. The Morgan fingerprint density at radius 3 is 2.30 bits per heavy atom. The number of carbonyl (C=O) groups is 3. The van der Waals surface area contributed by atoms with Gasteiger partial charge < -0.3 is 22.1 Å². The summed E-state index contributed by atoms with van der Waals surface area (Å²) in [5.74, 6) is -1.21. The lowest BCUT2D eigenvalue weighted by molar-refractivity contribution is -0.123. The molecular weight excluding hydrogens is 260 g/mol. The number of carbonyl (C=O) groups excluding carboxylic acids is 3. The average molecular weight is 278 g/mol. The SMILES string of the molecule is CNC(=O)Cc1ccc(NC(=O)C(N)CC(N)=O)cc1. The standard InChI is InChI=1S/C13H18N4O3/c1-16-12(19)6-8-2-4-9(5-3-8)17-13(20)10(14)7-11(15)18/h2-5,10H,6-7,14H2,1H3,(H2,15,18)(H,16,19)(H,17,20). The van der Waals surface area contributed by atoms with Crippen molar-refractivity contribution in [3.8, 4) is 0 Å². The molecule has 0 spiro atoms. The van der Waals surface area contributed by atoms with Crippen LogP contribution in [0, 0.1) is 0 Å². The Hall–Kier alpha value is -2.41. The molecule has 0 aliphatic heterocycles. The number of amides is 3. The number of anilines is 1. The maximum atomic E-state index is 11.6. The monoisotopic (exact) mass is 278 g/mol. The van der Waals surface area contributed by atoms with Crippen molar-refractivity contribution in [1.82, 2.24) is 5.32 Å². The van der Waals surface area contributed by atoms with Crippen LogP contribution in [-0.2, 0) is 20.8 Å². The van der Waals surface area contributed by atoms with Crippen molar-refractivity contribution < 1.29 is 14.4 Å². The first kappa shape index (κ1) is 15.6. The van der Waals surface area contributed by atoms with E-state index in [-0.39, 0.29) is 18.7 Å². The van der Waals surface area contributed by atoms with Gasteiger partial charge in [0.1, 0.15) is 0 Å². The molecule has 3 amide bonds. The molecule has 1 unspecified atom stereocenters. The van der Waals surface area contributed by atoms with Crippen molar-refractivity contribution >= 4 is 23.4 Å². The summed E-state index contributed by atoms with van der Waals surface area (Å²) in [7, 11) is 1.57. The molecule has 0 bridgehead atoms. The normalized spacial score (nSPS) is 11.5. The van der Waals surface area contributed by atoms with Gasteiger partial charge in [-0.1, -0.05) is 12.1 Å². The smallest absolute Gasteiger partial charge is 0.241 e. The summed E-state index contributed by atoms with van der Waals surface area (Å²) in [6.07, 6.45) is 0.0620. The first-order chi connectivity index (χ1) is 9.42. The molecule has 0 aromatic heterocycles. The van der Waals surface area contributed by atoms with E-state index >= 15 is 0 Å². The number of hydrogen-bond acceptors (Lipinski definition) is 4. The Morgan fingerprint density at radius 2 is 1.80 bits per heavy atom. The highest BCUT2D eigenvalue weighted by molar-refractivity contribution is 5.97. The van der Waals surface area contributed by atoms with Gasteiger partial charge in [0.05, 0.1) is 18.9 Å². The second-order valence-corrected chi connectivity index (χ2v) is 4.31. The first-order valence-electron chi connectivity index (χ1n) is 6.06. The number of rotatable bonds is 6. The zero-order chi connectivity index (χ0) is 15.1. The van der Waals surface area contributed by atoms with Crippen LogP contribution in [-0.4, -0.2) is 30.8 Å². The Balaban J connectivity index is 2.59. The van der Waals surface area contributed by atoms with Gasteiger partial charge in [0, 0.05) is 12.7 Å². The molecule has 0 radical (unpaired) electrons. The van der Waals surface area contributed by atoms with E-state index in [0.29, 0.717) is 5.69 Å². The van der Waals surface area contributed by atoms with Gasteiger partial charge in [-0.2, -0.15) is 0 Å². The van der Waals surface area contributed by atoms with Crippen LogP contribution in [0.3, 0.4) is 0 Å². The van der Waals surface area contributed by atoms with Crippen LogP contribution in [0.5, 0.6) is 0 Å². The molecule has 1 aromatic carbocycles. The van der Waals surface area contributed by atoms with Gasteiger partial charge in [-0.25, -0.2) is 0 Å². The van der Waals surface area contributed by atoms with Gasteiger partial charge >= 0.3 is 0 Å². The summed E-state index contributed by atoms with van der Waals surface area (Å²) in [6.45, 7) is 0. The van der Waals surface area contributed by atoms with Crippen LogP contribution >= 0.6 is 0 Å². The lowest BCUT2D eigenvalue weighted by atomic mass is 10.1. The Labute approximate surface area is 116 Å². The molecule has 0 saturated heterocycles. The lowest BCUT2D eigenvalue weighted by Gasteiger charge is -2.11. The topological polar surface area (TPSA) is 127 Å². The molecule has 20 heavy (non-hydrogen) atoms. The Morgan fingerprint density at radius 1 is 1.20 bits per heavy atom. The molecule has 108 valence electrons. The average Bonchev–Trinajstić information content (AvgIpc) is 2.40. The maximum absolute atomic E-state index is 11.6. The number of hydrogen-bond donors (Lipinski definition) is 4. The summed E-state index contributed by atoms with van der Waals surface area (Å²) in [4.78, 5) is 33.5. The third-order valence-electron chi connectivity index (χ3n) is 2.62. The highest BCUT2D eigenvalue weighted by atomic mass is 16.2. The fourth-order valence-corrected chi connectivity index (χ4v) is 1.52. The van der Waals surface area contributed by atoms with Crippen molar-refractivity contribution in [3.63, 3.8) is 0 Å². The van der Waals surface area contributed by atoms with Crippen molar-refractivity contribution in [2.24, 2.45) is 11.5 Å². The van der Waals surface area contributed by atoms with Gasteiger partial charge in [0.15, 0.2) is 0 Å². The van der Waals surface area contributed by atoms with E-state index in [4.69, 9.17) is 11.5 Å². The van der Waals surface area contributed by atoms with Gasteiger partial charge in [-0.3, -0.25) is 14.4 Å². The van der Waals surface area contributed by atoms with Crippen LogP contribution in [0.25, 0.3) is 0 Å². The van der Waals surface area contributed by atoms with E-state index in [1.165, 1.54) is 0 Å². The van der Waals surface area contributed by atoms with Crippen molar-refractivity contribution in [3.05, 3.63) is 29.8 Å². The molecule has 0 aliphatic carbocycles. The number of nitrogens with two attached hydrogens (primary N) is 2. The van der Waals surface area contributed by atoms with Crippen molar-refractivity contribution in [2.75, 3.05) is 12.4 Å². The summed E-state index contributed by atoms with van der Waals surface area (Å²) in [6, 6.07) is 5.80. The molecule has 0 fully saturated rings. The lowest BCUT2D eigenvalue weighted by Crippen LogP contribution is -2.38. The molecule has 7 heteroatoms. The molecule has 0 aliphatic rings. The van der Waals surface area contributed by atoms with Crippen LogP contribution in [0.2, 0.25) is 0 Å². The molecule has 7 nitrogen and oxygen atoms in total. The fourth-order valence-electron chi connectivity index (χ4n) is 1.52. The minimum absolute atomic E-state index is 0.0923. The summed E-state index contributed by atoms with van der Waals surface area (Å²) in [5, 5.41) is 5.09. The minimum Gasteiger partial charge on any atom is -0.370 e. The van der Waals surface area contributed by atoms with E-state index in [2.05, 4.69) is 10.6 Å². The zero-order valence-corrected chi connectivity index (χ0v) is 11.2. The van der Waals surface area contributed by atoms with Gasteiger partial charge in [-0.05, 0) is 17.7 Å². The number of nitrogens with one attached hydrogen (secondary N) is 2. The highest BCUT2D eigenvalue weighted by Gasteiger charge is 2.15. The van der Waals surface area contributed by atoms with Crippen LogP contribution in [0.1, 0.15) is 12.0 Å². The number of primary amides is 1. The van der Waals surface area contributed by atoms with Crippen molar-refractivity contribution in [1.29, 1.82) is 0 Å². The molecular formula is C13H18N4O3. The second-order valence-electron chi connectivity index (χ2n) is 4.31. The van der Waals surface area contributed by atoms with Crippen molar-refractivity contribution in [2.45, 2.75) is 18.9 Å². The van der Waals surface area contributed by atoms with E-state index in [0.717, 1.165) is 5.56 Å². The molecule has 1 aromatic rings. The predicted molar refractivity (Wildman–Crippen MR) is 74.6 cm³/mol. The molecule has 1 atom stereocenters. The third-order valence-corrected chi connectivity index (χ3v) is 2.62. The number of benzene rings is 1. The fraction of sp³-hybridized carbons (Fsp3) is 0.308. The first-order valence-corrected chi connectivity index (χ1v) is 6.06. The van der Waals surface area contributed by atoms with E-state index in [1.807, 2.05) is 0 Å². The Kier molecular flexibility index (Phi) is 5.67. The quantitative estimate of drug-likeness (QED) is 0.538. The molecule has 0 heterocycles. The molecule has 6 N–H and O–H groups in total. The number of likely N-dealkylation sites (N-methyl/N-ethyl adjacent to an activating group) is 1. The van der Waals surface area contributed by atoms with E-state index < -0.39 is 17.9 Å². The predicted octanol–water partition coefficient (Wildman–Crippen LogP) is -0.884. The van der Waals surface area contributed by atoms with Crippen LogP contribution in [0.15, 0.2) is 24.3 Å².